The molecule has 0 saturated carbocycles. The number of rotatable bonds is 5. The van der Waals surface area contributed by atoms with Gasteiger partial charge in [-0.15, -0.1) is 0 Å². The molecule has 0 atom stereocenters. The van der Waals surface area contributed by atoms with Gasteiger partial charge in [-0.25, -0.2) is 5.43 Å². The first kappa shape index (κ1) is 17.8. The van der Waals surface area contributed by atoms with Gasteiger partial charge in [0.1, 0.15) is 12.1 Å². The van der Waals surface area contributed by atoms with Crippen LogP contribution in [0.3, 0.4) is 0 Å². The number of hydrogen-bond acceptors (Lipinski definition) is 4. The predicted octanol–water partition coefficient (Wildman–Crippen LogP) is 3.89. The van der Waals surface area contributed by atoms with E-state index in [9.17, 15) is 9.59 Å². The number of nitrogens with zero attached hydrogens (tertiary/aromatic N) is 2. The molecule has 140 valence electrons. The number of para-hydroxylation sites is 1. The number of hydrazone groups is 1. The van der Waals surface area contributed by atoms with Crippen LogP contribution in [0.4, 0.5) is 0 Å². The number of aromatic nitrogens is 1. The third kappa shape index (κ3) is 3.47. The Morgan fingerprint density at radius 1 is 1.21 bits per heavy atom. The Hall–Kier alpha value is -3.58. The van der Waals surface area contributed by atoms with Gasteiger partial charge in [-0.3, -0.25) is 9.59 Å². The lowest BCUT2D eigenvalue weighted by molar-refractivity contribution is -0.137. The molecule has 2 N–H and O–H groups in total. The lowest BCUT2D eigenvalue weighted by Gasteiger charge is -1.99. The summed E-state index contributed by atoms with van der Waals surface area (Å²) >= 11 is 5.94. The van der Waals surface area contributed by atoms with E-state index in [1.807, 2.05) is 24.3 Å². The van der Waals surface area contributed by atoms with Gasteiger partial charge in [0, 0.05) is 33.1 Å². The van der Waals surface area contributed by atoms with E-state index >= 15 is 0 Å². The van der Waals surface area contributed by atoms with Crippen LogP contribution in [0.25, 0.3) is 21.9 Å². The molecule has 1 amide bonds. The highest BCUT2D eigenvalue weighted by atomic mass is 35.5. The molecule has 0 aliphatic carbocycles. The fraction of sp³-hybridized carbons (Fsp3) is 0.0500. The van der Waals surface area contributed by atoms with Gasteiger partial charge >= 0.3 is 11.9 Å². The number of carboxylic acid groups (broad SMARTS) is 1. The van der Waals surface area contributed by atoms with Crippen molar-refractivity contribution < 1.29 is 19.1 Å². The smallest absolute Gasteiger partial charge is 0.323 e. The number of aliphatic carboxylic acids is 1. The molecule has 2 heterocycles. The number of carbonyl (C=O) groups is 2. The molecule has 8 heteroatoms. The van der Waals surface area contributed by atoms with Crippen molar-refractivity contribution in [1.29, 1.82) is 0 Å². The van der Waals surface area contributed by atoms with E-state index in [-0.39, 0.29) is 12.3 Å². The second kappa shape index (κ2) is 7.21. The number of amides is 1. The number of hydrogen-bond donors (Lipinski definition) is 2. The monoisotopic (exact) mass is 395 g/mol. The van der Waals surface area contributed by atoms with Crippen molar-refractivity contribution in [2.75, 3.05) is 0 Å². The maximum atomic E-state index is 12.3. The molecule has 7 nitrogen and oxygen atoms in total. The van der Waals surface area contributed by atoms with Gasteiger partial charge < -0.3 is 14.1 Å². The largest absolute Gasteiger partial charge is 0.480 e. The lowest BCUT2D eigenvalue weighted by Crippen LogP contribution is -2.16. The molecule has 0 saturated heterocycles. The average Bonchev–Trinajstić information content (AvgIpc) is 3.23. The van der Waals surface area contributed by atoms with Gasteiger partial charge in [0.2, 0.25) is 0 Å². The zero-order valence-corrected chi connectivity index (χ0v) is 15.2. The molecule has 0 aliphatic heterocycles. The van der Waals surface area contributed by atoms with Crippen LogP contribution in [-0.4, -0.2) is 27.8 Å². The second-order valence-corrected chi connectivity index (χ2v) is 6.55. The Labute approximate surface area is 163 Å². The van der Waals surface area contributed by atoms with Gasteiger partial charge in [0.25, 0.3) is 0 Å². The van der Waals surface area contributed by atoms with Gasteiger partial charge in [-0.2, -0.15) is 5.10 Å². The molecule has 0 radical (unpaired) electrons. The molecule has 2 aromatic heterocycles. The molecule has 0 bridgehead atoms. The SMILES string of the molecule is O=C(O)Cn1cc(C=NNC(=O)c2cc3cc(Cl)ccc3o2)c2ccccc21. The lowest BCUT2D eigenvalue weighted by atomic mass is 10.2. The normalized spacial score (nSPS) is 11.5. The highest BCUT2D eigenvalue weighted by molar-refractivity contribution is 6.31. The highest BCUT2D eigenvalue weighted by Crippen LogP contribution is 2.23. The number of carboxylic acids is 1. The summed E-state index contributed by atoms with van der Waals surface area (Å²) in [7, 11) is 0. The number of halogens is 1. The van der Waals surface area contributed by atoms with Crippen LogP contribution in [0.5, 0.6) is 0 Å². The number of carbonyl (C=O) groups excluding carboxylic acids is 1. The van der Waals surface area contributed by atoms with Crippen LogP contribution in [0.15, 0.2) is 64.2 Å². The fourth-order valence-electron chi connectivity index (χ4n) is 3.00. The van der Waals surface area contributed by atoms with Crippen molar-refractivity contribution in [1.82, 2.24) is 9.99 Å². The maximum Gasteiger partial charge on any atom is 0.323 e. The van der Waals surface area contributed by atoms with Crippen molar-refractivity contribution in [3.8, 4) is 0 Å². The van der Waals surface area contributed by atoms with Gasteiger partial charge in [0.05, 0.1) is 6.21 Å². The molecule has 2 aromatic carbocycles. The molecule has 4 rings (SSSR count). The summed E-state index contributed by atoms with van der Waals surface area (Å²) < 4.78 is 7.11. The first-order valence-electron chi connectivity index (χ1n) is 8.33. The minimum Gasteiger partial charge on any atom is -0.480 e. The zero-order valence-electron chi connectivity index (χ0n) is 14.4. The van der Waals surface area contributed by atoms with Crippen LogP contribution in [0, 0.1) is 0 Å². The second-order valence-electron chi connectivity index (χ2n) is 6.12. The number of nitrogens with one attached hydrogen (secondary N) is 1. The van der Waals surface area contributed by atoms with Crippen molar-refractivity contribution >= 4 is 51.6 Å². The van der Waals surface area contributed by atoms with E-state index in [1.54, 1.807) is 35.0 Å². The molecule has 28 heavy (non-hydrogen) atoms. The summed E-state index contributed by atoms with van der Waals surface area (Å²) in [6.45, 7) is -0.164. The number of benzene rings is 2. The van der Waals surface area contributed by atoms with E-state index in [2.05, 4.69) is 10.5 Å². The average molecular weight is 396 g/mol. The molecule has 4 aromatic rings. The van der Waals surface area contributed by atoms with Crippen LogP contribution in [0.1, 0.15) is 16.1 Å². The summed E-state index contributed by atoms with van der Waals surface area (Å²) in [4.78, 5) is 23.3. The Bertz CT molecular complexity index is 1240. The number of fused-ring (bicyclic) bond motifs is 2. The Kier molecular flexibility index (Phi) is 4.58. The molecule has 0 aliphatic rings. The third-order valence-corrected chi connectivity index (χ3v) is 4.43. The zero-order chi connectivity index (χ0) is 19.7. The van der Waals surface area contributed by atoms with Gasteiger partial charge in [-0.1, -0.05) is 29.8 Å². The van der Waals surface area contributed by atoms with E-state index in [1.165, 1.54) is 6.21 Å². The molecule has 0 unspecified atom stereocenters. The molecular weight excluding hydrogens is 382 g/mol. The Morgan fingerprint density at radius 3 is 2.86 bits per heavy atom. The summed E-state index contributed by atoms with van der Waals surface area (Å²) in [6.07, 6.45) is 3.15. The Balaban J connectivity index is 1.55. The van der Waals surface area contributed by atoms with Crippen LogP contribution >= 0.6 is 11.6 Å². The standard InChI is InChI=1S/C20H14ClN3O4/c21-14-5-6-17-12(7-14)8-18(28-17)20(27)23-22-9-13-10-24(11-19(25)26)16-4-2-1-3-15(13)16/h1-10H,11H2,(H,23,27)(H,25,26). The summed E-state index contributed by atoms with van der Waals surface area (Å²) in [6, 6.07) is 14.0. The minimum absolute atomic E-state index is 0.114. The third-order valence-electron chi connectivity index (χ3n) is 4.20. The Morgan fingerprint density at radius 2 is 2.04 bits per heavy atom. The van der Waals surface area contributed by atoms with E-state index in [0.717, 1.165) is 16.3 Å². The van der Waals surface area contributed by atoms with Crippen molar-refractivity contribution in [2.24, 2.45) is 5.10 Å². The van der Waals surface area contributed by atoms with Crippen LogP contribution in [-0.2, 0) is 11.3 Å². The highest BCUT2D eigenvalue weighted by Gasteiger charge is 2.12. The molecular formula is C20H14ClN3O4. The first-order valence-corrected chi connectivity index (χ1v) is 8.71. The van der Waals surface area contributed by atoms with E-state index in [0.29, 0.717) is 16.2 Å². The van der Waals surface area contributed by atoms with Crippen molar-refractivity contribution in [3.05, 3.63) is 71.1 Å². The minimum atomic E-state index is -0.942. The molecule has 0 spiro atoms. The topological polar surface area (TPSA) is 96.8 Å². The first-order chi connectivity index (χ1) is 13.5. The van der Waals surface area contributed by atoms with Crippen LogP contribution in [0.2, 0.25) is 5.02 Å². The van der Waals surface area contributed by atoms with Gasteiger partial charge in [0.15, 0.2) is 5.76 Å². The fourth-order valence-corrected chi connectivity index (χ4v) is 3.18. The predicted molar refractivity (Wildman–Crippen MR) is 106 cm³/mol. The molecule has 0 fully saturated rings. The van der Waals surface area contributed by atoms with E-state index in [4.69, 9.17) is 21.1 Å². The number of furan rings is 1. The summed E-state index contributed by atoms with van der Waals surface area (Å²) in [5.74, 6) is -1.33. The van der Waals surface area contributed by atoms with Crippen molar-refractivity contribution in [2.45, 2.75) is 6.54 Å². The summed E-state index contributed by atoms with van der Waals surface area (Å²) in [5, 5.41) is 15.1. The van der Waals surface area contributed by atoms with E-state index < -0.39 is 11.9 Å². The quantitative estimate of drug-likeness (QED) is 0.395. The van der Waals surface area contributed by atoms with Gasteiger partial charge in [-0.05, 0) is 30.3 Å². The summed E-state index contributed by atoms with van der Waals surface area (Å²) in [5.41, 5.74) is 4.43. The maximum absolute atomic E-state index is 12.3. The van der Waals surface area contributed by atoms with Crippen molar-refractivity contribution in [3.63, 3.8) is 0 Å². The van der Waals surface area contributed by atoms with Crippen LogP contribution < -0.4 is 5.43 Å².